The van der Waals surface area contributed by atoms with E-state index in [1.165, 1.54) is 6.20 Å². The van der Waals surface area contributed by atoms with Crippen molar-refractivity contribution in [3.63, 3.8) is 0 Å². The molecule has 5 rings (SSSR count). The van der Waals surface area contributed by atoms with Gasteiger partial charge in [-0.05, 0) is 53.8 Å². The smallest absolute Gasteiger partial charge is 0.415 e. The molecule has 1 aromatic heterocycles. The summed E-state index contributed by atoms with van der Waals surface area (Å²) in [7, 11) is 0. The van der Waals surface area contributed by atoms with Crippen molar-refractivity contribution >= 4 is 40.8 Å². The molecule has 0 bridgehead atoms. The van der Waals surface area contributed by atoms with Gasteiger partial charge in [-0.1, -0.05) is 29.3 Å². The third kappa shape index (κ3) is 5.73. The largest absolute Gasteiger partial charge is 0.489 e. The van der Waals surface area contributed by atoms with E-state index in [4.69, 9.17) is 37.4 Å². The van der Waals surface area contributed by atoms with Gasteiger partial charge in [0.15, 0.2) is 5.60 Å². The first-order valence-electron chi connectivity index (χ1n) is 11.9. The Kier molecular flexibility index (Phi) is 7.22. The van der Waals surface area contributed by atoms with E-state index in [1.54, 1.807) is 27.7 Å². The van der Waals surface area contributed by atoms with Crippen LogP contribution in [0.5, 0.6) is 11.8 Å². The van der Waals surface area contributed by atoms with Crippen LogP contribution in [0.15, 0.2) is 48.7 Å². The molecule has 1 unspecified atom stereocenters. The molecule has 2 aliphatic heterocycles. The van der Waals surface area contributed by atoms with Crippen molar-refractivity contribution in [1.82, 2.24) is 14.5 Å². The summed E-state index contributed by atoms with van der Waals surface area (Å²) < 4.78 is 18.8. The van der Waals surface area contributed by atoms with E-state index in [0.717, 1.165) is 11.3 Å². The summed E-state index contributed by atoms with van der Waals surface area (Å²) in [6.45, 7) is 5.09. The van der Waals surface area contributed by atoms with Gasteiger partial charge in [-0.2, -0.15) is 0 Å². The Morgan fingerprint density at radius 3 is 2.53 bits per heavy atom. The van der Waals surface area contributed by atoms with Crippen LogP contribution in [0.25, 0.3) is 0 Å². The quantitative estimate of drug-likeness (QED) is 0.299. The van der Waals surface area contributed by atoms with Crippen LogP contribution >= 0.6 is 23.2 Å². The summed E-state index contributed by atoms with van der Waals surface area (Å²) in [4.78, 5) is 30.6. The number of fused-ring (bicyclic) bond motifs is 1. The van der Waals surface area contributed by atoms with E-state index in [1.807, 2.05) is 31.2 Å². The average Bonchev–Trinajstić information content (AvgIpc) is 3.44. The molecule has 0 N–H and O–H groups in total. The third-order valence-electron chi connectivity index (χ3n) is 6.39. The van der Waals surface area contributed by atoms with Crippen LogP contribution in [0.2, 0.25) is 10.0 Å². The van der Waals surface area contributed by atoms with Gasteiger partial charge < -0.3 is 34.1 Å². The fourth-order valence-corrected chi connectivity index (χ4v) is 4.68. The molecule has 11 nitrogen and oxygen atoms in total. The number of benzene rings is 2. The van der Waals surface area contributed by atoms with Crippen LogP contribution in [0.1, 0.15) is 12.5 Å². The molecule has 38 heavy (non-hydrogen) atoms. The number of aromatic nitrogens is 2. The molecule has 3 aromatic rings. The zero-order valence-electron chi connectivity index (χ0n) is 20.5. The number of rotatable bonds is 7. The van der Waals surface area contributed by atoms with Crippen molar-refractivity contribution in [2.45, 2.75) is 25.7 Å². The second-order valence-electron chi connectivity index (χ2n) is 9.38. The zero-order valence-corrected chi connectivity index (χ0v) is 22.0. The average molecular weight is 562 g/mol. The Hall–Kier alpha value is -3.70. The van der Waals surface area contributed by atoms with Crippen molar-refractivity contribution in [3.05, 3.63) is 74.4 Å². The van der Waals surface area contributed by atoms with Crippen LogP contribution < -0.4 is 14.4 Å². The van der Waals surface area contributed by atoms with Gasteiger partial charge in [-0.15, -0.1) is 0 Å². The van der Waals surface area contributed by atoms with E-state index >= 15 is 0 Å². The highest BCUT2D eigenvalue weighted by molar-refractivity contribution is 6.42. The first-order chi connectivity index (χ1) is 18.2. The van der Waals surface area contributed by atoms with Crippen molar-refractivity contribution in [1.29, 1.82) is 0 Å². The van der Waals surface area contributed by atoms with Crippen LogP contribution in [0.3, 0.4) is 0 Å². The number of imidazole rings is 1. The number of carbonyl (C=O) groups is 1. The molecule has 1 amide bonds. The molecule has 1 fully saturated rings. The molecule has 0 radical (unpaired) electrons. The van der Waals surface area contributed by atoms with Crippen LogP contribution in [-0.4, -0.2) is 63.9 Å². The monoisotopic (exact) mass is 561 g/mol. The lowest BCUT2D eigenvalue weighted by Crippen LogP contribution is -2.48. The number of anilines is 1. The second kappa shape index (κ2) is 10.6. The summed E-state index contributed by atoms with van der Waals surface area (Å²) in [6, 6.07) is 13.1. The second-order valence-corrected chi connectivity index (χ2v) is 10.2. The highest BCUT2D eigenvalue weighted by atomic mass is 35.5. The van der Waals surface area contributed by atoms with Crippen LogP contribution in [-0.2, 0) is 17.9 Å². The van der Waals surface area contributed by atoms with Gasteiger partial charge in [0.1, 0.15) is 25.2 Å². The lowest BCUT2D eigenvalue weighted by Gasteiger charge is -2.35. The van der Waals surface area contributed by atoms with E-state index in [-0.39, 0.29) is 31.1 Å². The van der Waals surface area contributed by atoms with Crippen molar-refractivity contribution in [3.8, 4) is 11.8 Å². The number of nitrogens with zero attached hydrogens (tertiary/aromatic N) is 5. The van der Waals surface area contributed by atoms with Gasteiger partial charge in [0.2, 0.25) is 0 Å². The van der Waals surface area contributed by atoms with Crippen LogP contribution in [0, 0.1) is 10.1 Å². The number of ether oxygens (including phenoxy) is 3. The minimum absolute atomic E-state index is 0.129. The Morgan fingerprint density at radius 1 is 1.13 bits per heavy atom. The number of hydrogen-bond acceptors (Lipinski definition) is 8. The molecule has 1 saturated heterocycles. The lowest BCUT2D eigenvalue weighted by molar-refractivity contribution is -0.389. The predicted molar refractivity (Wildman–Crippen MR) is 140 cm³/mol. The highest BCUT2D eigenvalue weighted by Crippen LogP contribution is 2.32. The maximum absolute atomic E-state index is 12.5. The van der Waals surface area contributed by atoms with Gasteiger partial charge in [0, 0.05) is 36.9 Å². The van der Waals surface area contributed by atoms with Gasteiger partial charge in [0.05, 0.1) is 16.6 Å². The Balaban J connectivity index is 1.07. The zero-order chi connectivity index (χ0) is 26.9. The molecule has 0 spiro atoms. The topological polar surface area (TPSA) is 112 Å². The SMILES string of the molecule is CC1(COc2ccc(N3CCN(C(=O)OCc4ccc(Cl)c(Cl)c4)CC3)cc2)Cn2cc([N+](=O)[O-])nc2O1. The number of halogens is 2. The molecule has 1 atom stereocenters. The van der Waals surface area contributed by atoms with E-state index in [9.17, 15) is 14.9 Å². The molecular formula is C25H25Cl2N5O6. The van der Waals surface area contributed by atoms with Crippen molar-refractivity contribution in [2.75, 3.05) is 37.7 Å². The molecule has 2 aromatic carbocycles. The summed E-state index contributed by atoms with van der Waals surface area (Å²) in [5.41, 5.74) is 1.12. The van der Waals surface area contributed by atoms with Gasteiger partial charge in [-0.25, -0.2) is 4.79 Å². The van der Waals surface area contributed by atoms with Gasteiger partial charge in [-0.3, -0.25) is 4.57 Å². The molecule has 13 heteroatoms. The minimum atomic E-state index is -0.680. The molecule has 0 aliphatic carbocycles. The number of amides is 1. The standard InChI is InChI=1S/C25H25Cl2N5O6/c1-25(15-31-13-22(32(34)35)28-23(31)38-25)16-37-19-5-3-18(4-6-19)29-8-10-30(11-9-29)24(33)36-14-17-2-7-20(26)21(27)12-17/h2-7,12-13H,8-11,14-16H2,1H3. The van der Waals surface area contributed by atoms with Gasteiger partial charge >= 0.3 is 17.9 Å². The van der Waals surface area contributed by atoms with E-state index in [2.05, 4.69) is 9.88 Å². The number of piperazine rings is 1. The minimum Gasteiger partial charge on any atom is -0.489 e. The molecule has 2 aliphatic rings. The van der Waals surface area contributed by atoms with Crippen molar-refractivity contribution in [2.24, 2.45) is 0 Å². The summed E-state index contributed by atoms with van der Waals surface area (Å²) in [5, 5.41) is 11.8. The lowest BCUT2D eigenvalue weighted by atomic mass is 10.1. The van der Waals surface area contributed by atoms with Gasteiger partial charge in [0.25, 0.3) is 0 Å². The Labute approximate surface area is 228 Å². The predicted octanol–water partition coefficient (Wildman–Crippen LogP) is 4.79. The number of carbonyl (C=O) groups excluding carboxylic acids is 1. The molecule has 3 heterocycles. The Bertz CT molecular complexity index is 1320. The first kappa shape index (κ1) is 25.9. The van der Waals surface area contributed by atoms with E-state index < -0.39 is 10.5 Å². The summed E-state index contributed by atoms with van der Waals surface area (Å²) >= 11 is 11.9. The fourth-order valence-electron chi connectivity index (χ4n) is 4.36. The normalized spacial score (nSPS) is 18.6. The first-order valence-corrected chi connectivity index (χ1v) is 12.7. The fraction of sp³-hybridized carbons (Fsp3) is 0.360. The van der Waals surface area contributed by atoms with Crippen molar-refractivity contribution < 1.29 is 23.9 Å². The summed E-state index contributed by atoms with van der Waals surface area (Å²) in [6.07, 6.45) is 1.00. The maximum Gasteiger partial charge on any atom is 0.415 e. The Morgan fingerprint density at radius 2 is 1.87 bits per heavy atom. The van der Waals surface area contributed by atoms with E-state index in [0.29, 0.717) is 48.5 Å². The third-order valence-corrected chi connectivity index (χ3v) is 7.13. The molecule has 0 saturated carbocycles. The summed E-state index contributed by atoms with van der Waals surface area (Å²) in [5.74, 6) is 0.443. The molecule has 200 valence electrons. The van der Waals surface area contributed by atoms with Crippen LogP contribution in [0.4, 0.5) is 16.3 Å². The highest BCUT2D eigenvalue weighted by Gasteiger charge is 2.41. The number of nitro groups is 1. The molecular weight excluding hydrogens is 537 g/mol. The maximum atomic E-state index is 12.5. The number of hydrogen-bond donors (Lipinski definition) is 0.